The third-order valence-electron chi connectivity index (χ3n) is 4.76. The van der Waals surface area contributed by atoms with Gasteiger partial charge in [0, 0.05) is 11.3 Å². The number of hydrogen-bond donors (Lipinski definition) is 1. The lowest BCUT2D eigenvalue weighted by Crippen LogP contribution is -2.21. The highest BCUT2D eigenvalue weighted by Crippen LogP contribution is 2.22. The van der Waals surface area contributed by atoms with Gasteiger partial charge in [-0.25, -0.2) is 9.67 Å². The summed E-state index contributed by atoms with van der Waals surface area (Å²) in [5.41, 5.74) is 4.23. The number of aryl methyl sites for hydroxylation is 1. The Morgan fingerprint density at radius 3 is 2.20 bits per heavy atom. The van der Waals surface area contributed by atoms with Crippen LogP contribution in [0.2, 0.25) is 0 Å². The van der Waals surface area contributed by atoms with Crippen LogP contribution < -0.4 is 10.3 Å². The highest BCUT2D eigenvalue weighted by molar-refractivity contribution is 6.14. The number of ether oxygens (including phenoxy) is 1. The van der Waals surface area contributed by atoms with Crippen LogP contribution in [0.3, 0.4) is 0 Å². The summed E-state index contributed by atoms with van der Waals surface area (Å²) in [6.07, 6.45) is 0. The Kier molecular flexibility index (Phi) is 5.61. The Balaban J connectivity index is 1.86. The number of benzene rings is 3. The minimum absolute atomic E-state index is 0.132. The van der Waals surface area contributed by atoms with Gasteiger partial charge in [-0.2, -0.15) is 0 Å². The van der Waals surface area contributed by atoms with Gasteiger partial charge in [-0.1, -0.05) is 48.5 Å². The number of para-hydroxylation sites is 1. The summed E-state index contributed by atoms with van der Waals surface area (Å²) < 4.78 is 7.08. The molecule has 0 aliphatic rings. The van der Waals surface area contributed by atoms with Crippen molar-refractivity contribution in [1.29, 1.82) is 0 Å². The highest BCUT2D eigenvalue weighted by Gasteiger charge is 2.19. The molecule has 1 heterocycles. The first-order valence-electron chi connectivity index (χ1n) is 9.91. The van der Waals surface area contributed by atoms with E-state index in [1.54, 1.807) is 4.68 Å². The van der Waals surface area contributed by atoms with Crippen molar-refractivity contribution in [1.82, 2.24) is 9.78 Å². The van der Waals surface area contributed by atoms with Gasteiger partial charge in [0.15, 0.2) is 0 Å². The fourth-order valence-electron chi connectivity index (χ4n) is 3.36. The van der Waals surface area contributed by atoms with E-state index < -0.39 is 0 Å². The summed E-state index contributed by atoms with van der Waals surface area (Å²) in [5, 5.41) is 3.19. The Hall–Kier alpha value is -3.86. The number of aromatic nitrogens is 2. The molecule has 0 aliphatic carbocycles. The van der Waals surface area contributed by atoms with Crippen LogP contribution in [0.25, 0.3) is 5.69 Å². The van der Waals surface area contributed by atoms with Crippen LogP contribution in [-0.2, 0) is 0 Å². The molecule has 5 nitrogen and oxygen atoms in total. The third-order valence-corrected chi connectivity index (χ3v) is 4.76. The number of hydrogen-bond acceptors (Lipinski definition) is 3. The summed E-state index contributed by atoms with van der Waals surface area (Å²) in [6, 6.07) is 26.9. The maximum atomic E-state index is 13.4. The molecule has 5 heteroatoms. The van der Waals surface area contributed by atoms with Gasteiger partial charge in [-0.05, 0) is 50.2 Å². The zero-order valence-corrected chi connectivity index (χ0v) is 17.0. The summed E-state index contributed by atoms with van der Waals surface area (Å²) in [5.74, 6) is 0.793. The minimum atomic E-state index is -0.132. The second kappa shape index (κ2) is 8.66. The summed E-state index contributed by atoms with van der Waals surface area (Å²) >= 11 is 0. The number of nitrogens with zero attached hydrogens (tertiary/aromatic N) is 2. The van der Waals surface area contributed by atoms with E-state index in [1.165, 1.54) is 0 Å². The predicted molar refractivity (Wildman–Crippen MR) is 120 cm³/mol. The molecule has 0 radical (unpaired) electrons. The molecule has 30 heavy (non-hydrogen) atoms. The van der Waals surface area contributed by atoms with E-state index in [4.69, 9.17) is 9.73 Å². The Labute approximate surface area is 175 Å². The molecule has 0 saturated heterocycles. The third kappa shape index (κ3) is 3.96. The van der Waals surface area contributed by atoms with Gasteiger partial charge in [0.2, 0.25) is 0 Å². The lowest BCUT2D eigenvalue weighted by Gasteiger charge is -2.07. The van der Waals surface area contributed by atoms with E-state index in [0.29, 0.717) is 17.9 Å². The van der Waals surface area contributed by atoms with Gasteiger partial charge >= 0.3 is 0 Å². The number of H-pyrrole nitrogens is 1. The summed E-state index contributed by atoms with van der Waals surface area (Å²) in [7, 11) is 0. The van der Waals surface area contributed by atoms with Crippen LogP contribution in [0.15, 0.2) is 94.7 Å². The fraction of sp³-hybridized carbons (Fsp3) is 0.120. The Morgan fingerprint density at radius 1 is 0.933 bits per heavy atom. The molecule has 4 rings (SSSR count). The van der Waals surface area contributed by atoms with Crippen LogP contribution in [0.4, 0.5) is 5.69 Å². The van der Waals surface area contributed by atoms with Crippen molar-refractivity contribution in [3.8, 4) is 11.4 Å². The van der Waals surface area contributed by atoms with E-state index in [-0.39, 0.29) is 5.56 Å². The SMILES string of the molecule is CCOc1ccc(N=C(c2ccccc2)c2c(C)[nH]n(-c3ccccc3)c2=O)cc1. The first kappa shape index (κ1) is 19.5. The predicted octanol–water partition coefficient (Wildman–Crippen LogP) is 5.04. The van der Waals surface area contributed by atoms with Gasteiger partial charge in [-0.15, -0.1) is 0 Å². The standard InChI is InChI=1S/C25H23N3O2/c1-3-30-22-16-14-20(15-17-22)26-24(19-10-6-4-7-11-19)23-18(2)27-28(25(23)29)21-12-8-5-9-13-21/h4-17,27H,3H2,1-2H3. The molecule has 0 atom stereocenters. The fourth-order valence-corrected chi connectivity index (χ4v) is 3.36. The molecule has 150 valence electrons. The highest BCUT2D eigenvalue weighted by atomic mass is 16.5. The van der Waals surface area contributed by atoms with Crippen LogP contribution in [-0.4, -0.2) is 22.1 Å². The zero-order chi connectivity index (χ0) is 20.9. The van der Waals surface area contributed by atoms with Crippen molar-refractivity contribution in [3.05, 3.63) is 112 Å². The Morgan fingerprint density at radius 2 is 1.57 bits per heavy atom. The van der Waals surface area contributed by atoms with Gasteiger partial charge in [0.25, 0.3) is 5.56 Å². The molecule has 0 saturated carbocycles. The normalized spacial score (nSPS) is 11.5. The van der Waals surface area contributed by atoms with Crippen molar-refractivity contribution >= 4 is 11.4 Å². The van der Waals surface area contributed by atoms with Crippen molar-refractivity contribution in [2.45, 2.75) is 13.8 Å². The quantitative estimate of drug-likeness (QED) is 0.463. The summed E-state index contributed by atoms with van der Waals surface area (Å²) in [4.78, 5) is 18.2. The first-order chi connectivity index (χ1) is 14.7. The average Bonchev–Trinajstić information content (AvgIpc) is 3.08. The minimum Gasteiger partial charge on any atom is -0.494 e. The molecule has 0 amide bonds. The van der Waals surface area contributed by atoms with Crippen LogP contribution >= 0.6 is 0 Å². The van der Waals surface area contributed by atoms with Crippen molar-refractivity contribution < 1.29 is 4.74 Å². The van der Waals surface area contributed by atoms with E-state index in [1.807, 2.05) is 98.8 Å². The number of aromatic amines is 1. The van der Waals surface area contributed by atoms with Crippen molar-refractivity contribution in [3.63, 3.8) is 0 Å². The topological polar surface area (TPSA) is 59.4 Å². The van der Waals surface area contributed by atoms with Gasteiger partial charge in [-0.3, -0.25) is 9.89 Å². The van der Waals surface area contributed by atoms with Crippen molar-refractivity contribution in [2.75, 3.05) is 6.61 Å². The first-order valence-corrected chi connectivity index (χ1v) is 9.91. The second-order valence-electron chi connectivity index (χ2n) is 6.84. The number of aliphatic imine (C=N–C) groups is 1. The molecule has 4 aromatic rings. The molecule has 0 unspecified atom stereocenters. The number of nitrogens with one attached hydrogen (secondary N) is 1. The van der Waals surface area contributed by atoms with Crippen LogP contribution in [0.5, 0.6) is 5.75 Å². The lowest BCUT2D eigenvalue weighted by molar-refractivity contribution is 0.340. The van der Waals surface area contributed by atoms with E-state index in [0.717, 1.165) is 28.4 Å². The molecule has 0 bridgehead atoms. The second-order valence-corrected chi connectivity index (χ2v) is 6.84. The van der Waals surface area contributed by atoms with Gasteiger partial charge in [0.1, 0.15) is 5.75 Å². The zero-order valence-electron chi connectivity index (χ0n) is 17.0. The van der Waals surface area contributed by atoms with Crippen LogP contribution in [0, 0.1) is 6.92 Å². The molecular weight excluding hydrogens is 374 g/mol. The maximum Gasteiger partial charge on any atom is 0.280 e. The molecule has 1 aromatic heterocycles. The Bertz CT molecular complexity index is 1210. The smallest absolute Gasteiger partial charge is 0.280 e. The molecular formula is C25H23N3O2. The largest absolute Gasteiger partial charge is 0.494 e. The number of rotatable bonds is 6. The van der Waals surface area contributed by atoms with E-state index in [2.05, 4.69) is 5.10 Å². The molecule has 0 spiro atoms. The van der Waals surface area contributed by atoms with Crippen molar-refractivity contribution in [2.24, 2.45) is 4.99 Å². The van der Waals surface area contributed by atoms with E-state index in [9.17, 15) is 4.79 Å². The maximum absolute atomic E-state index is 13.4. The molecule has 0 fully saturated rings. The van der Waals surface area contributed by atoms with Gasteiger partial charge in [0.05, 0.1) is 29.3 Å². The molecule has 0 aliphatic heterocycles. The lowest BCUT2D eigenvalue weighted by atomic mass is 10.0. The average molecular weight is 397 g/mol. The molecule has 1 N–H and O–H groups in total. The van der Waals surface area contributed by atoms with Crippen LogP contribution in [0.1, 0.15) is 23.7 Å². The molecule has 3 aromatic carbocycles. The summed E-state index contributed by atoms with van der Waals surface area (Å²) in [6.45, 7) is 4.46. The van der Waals surface area contributed by atoms with E-state index >= 15 is 0 Å². The van der Waals surface area contributed by atoms with Gasteiger partial charge < -0.3 is 4.74 Å². The monoisotopic (exact) mass is 397 g/mol.